The summed E-state index contributed by atoms with van der Waals surface area (Å²) < 4.78 is 5.10. The van der Waals surface area contributed by atoms with Crippen molar-refractivity contribution in [3.8, 4) is 11.9 Å². The van der Waals surface area contributed by atoms with E-state index in [1.54, 1.807) is 23.2 Å². The first-order valence-corrected chi connectivity index (χ1v) is 6.14. The summed E-state index contributed by atoms with van der Waals surface area (Å²) in [7, 11) is 1.50. The van der Waals surface area contributed by atoms with Gasteiger partial charge in [-0.1, -0.05) is 0 Å². The first-order chi connectivity index (χ1) is 9.26. The Morgan fingerprint density at radius 1 is 1.47 bits per heavy atom. The van der Waals surface area contributed by atoms with Gasteiger partial charge in [-0.25, -0.2) is 4.98 Å². The zero-order valence-electron chi connectivity index (χ0n) is 10.9. The van der Waals surface area contributed by atoms with Crippen LogP contribution in [0.15, 0.2) is 18.3 Å². The van der Waals surface area contributed by atoms with E-state index in [1.807, 2.05) is 4.90 Å². The average molecular weight is 260 g/mol. The summed E-state index contributed by atoms with van der Waals surface area (Å²) in [5.74, 6) is 0.286. The Hall–Kier alpha value is -2.13. The Morgan fingerprint density at radius 2 is 2.21 bits per heavy atom. The van der Waals surface area contributed by atoms with E-state index in [0.717, 1.165) is 13.1 Å². The molecule has 0 N–H and O–H groups in total. The average Bonchev–Trinajstić information content (AvgIpc) is 2.47. The van der Waals surface area contributed by atoms with Crippen LogP contribution in [-0.4, -0.2) is 60.5 Å². The van der Waals surface area contributed by atoms with Crippen molar-refractivity contribution in [1.82, 2.24) is 14.8 Å². The molecule has 2 rings (SSSR count). The molecule has 0 spiro atoms. The number of piperazine rings is 1. The van der Waals surface area contributed by atoms with Crippen molar-refractivity contribution in [1.29, 1.82) is 5.26 Å². The monoisotopic (exact) mass is 260 g/mol. The molecule has 19 heavy (non-hydrogen) atoms. The van der Waals surface area contributed by atoms with Crippen LogP contribution >= 0.6 is 0 Å². The normalized spacial score (nSPS) is 15.9. The maximum absolute atomic E-state index is 12.4. The lowest BCUT2D eigenvalue weighted by Crippen LogP contribution is -2.48. The zero-order valence-corrected chi connectivity index (χ0v) is 10.9. The van der Waals surface area contributed by atoms with Crippen LogP contribution in [0.1, 0.15) is 10.4 Å². The molecule has 0 atom stereocenters. The van der Waals surface area contributed by atoms with E-state index >= 15 is 0 Å². The Balaban J connectivity index is 2.03. The first-order valence-electron chi connectivity index (χ1n) is 6.14. The summed E-state index contributed by atoms with van der Waals surface area (Å²) in [6, 6.07) is 5.57. The standard InChI is InChI=1S/C13H16N4O2/c1-19-12-11(3-2-5-15-12)13(18)17-9-7-16(6-4-14)8-10-17/h2-3,5H,6-10H2,1H3. The highest BCUT2D eigenvalue weighted by atomic mass is 16.5. The van der Waals surface area contributed by atoms with Gasteiger partial charge in [0.2, 0.25) is 5.88 Å². The predicted octanol–water partition coefficient (Wildman–Crippen LogP) is 0.372. The van der Waals surface area contributed by atoms with Gasteiger partial charge in [0.1, 0.15) is 5.56 Å². The number of carbonyl (C=O) groups excluding carboxylic acids is 1. The molecule has 100 valence electrons. The number of ether oxygens (including phenoxy) is 1. The quantitative estimate of drug-likeness (QED) is 0.734. The molecule has 1 aliphatic rings. The fourth-order valence-corrected chi connectivity index (χ4v) is 2.10. The van der Waals surface area contributed by atoms with Gasteiger partial charge in [0, 0.05) is 32.4 Å². The van der Waals surface area contributed by atoms with E-state index in [2.05, 4.69) is 11.1 Å². The highest BCUT2D eigenvalue weighted by molar-refractivity contribution is 5.96. The molecule has 0 radical (unpaired) electrons. The lowest BCUT2D eigenvalue weighted by atomic mass is 10.2. The number of amides is 1. The number of nitriles is 1. The van der Waals surface area contributed by atoms with Crippen LogP contribution in [0.5, 0.6) is 5.88 Å². The number of hydrogen-bond acceptors (Lipinski definition) is 5. The minimum absolute atomic E-state index is 0.0680. The summed E-state index contributed by atoms with van der Waals surface area (Å²) >= 11 is 0. The van der Waals surface area contributed by atoms with Crippen LogP contribution in [0.2, 0.25) is 0 Å². The van der Waals surface area contributed by atoms with Crippen LogP contribution in [0.4, 0.5) is 0 Å². The molecule has 1 saturated heterocycles. The van der Waals surface area contributed by atoms with E-state index in [4.69, 9.17) is 10.00 Å². The Morgan fingerprint density at radius 3 is 2.84 bits per heavy atom. The molecule has 1 aromatic rings. The second-order valence-electron chi connectivity index (χ2n) is 4.29. The number of nitrogens with zero attached hydrogens (tertiary/aromatic N) is 4. The van der Waals surface area contributed by atoms with Crippen molar-refractivity contribution in [2.75, 3.05) is 39.8 Å². The fraction of sp³-hybridized carbons (Fsp3) is 0.462. The van der Waals surface area contributed by atoms with E-state index in [1.165, 1.54) is 7.11 Å². The minimum Gasteiger partial charge on any atom is -0.480 e. The van der Waals surface area contributed by atoms with E-state index in [0.29, 0.717) is 31.1 Å². The summed E-state index contributed by atoms with van der Waals surface area (Å²) in [6.45, 7) is 3.11. The SMILES string of the molecule is COc1ncccc1C(=O)N1CCN(CC#N)CC1. The van der Waals surface area contributed by atoms with Gasteiger partial charge in [0.15, 0.2) is 0 Å². The topological polar surface area (TPSA) is 69.5 Å². The van der Waals surface area contributed by atoms with Crippen molar-refractivity contribution in [3.05, 3.63) is 23.9 Å². The largest absolute Gasteiger partial charge is 0.480 e. The van der Waals surface area contributed by atoms with E-state index in [9.17, 15) is 4.79 Å². The first kappa shape index (κ1) is 13.3. The van der Waals surface area contributed by atoms with Crippen LogP contribution in [0, 0.1) is 11.3 Å². The van der Waals surface area contributed by atoms with Crippen molar-refractivity contribution in [3.63, 3.8) is 0 Å². The summed E-state index contributed by atoms with van der Waals surface area (Å²) in [6.07, 6.45) is 1.60. The summed E-state index contributed by atoms with van der Waals surface area (Å²) in [4.78, 5) is 20.2. The van der Waals surface area contributed by atoms with Gasteiger partial charge in [0.05, 0.1) is 19.7 Å². The Labute approximate surface area is 112 Å². The van der Waals surface area contributed by atoms with Crippen molar-refractivity contribution < 1.29 is 9.53 Å². The van der Waals surface area contributed by atoms with Gasteiger partial charge in [0.25, 0.3) is 5.91 Å². The minimum atomic E-state index is -0.0680. The second-order valence-corrected chi connectivity index (χ2v) is 4.29. The Kier molecular flexibility index (Phi) is 4.31. The molecule has 2 heterocycles. The third-order valence-corrected chi connectivity index (χ3v) is 3.15. The number of pyridine rings is 1. The van der Waals surface area contributed by atoms with Gasteiger partial charge >= 0.3 is 0 Å². The smallest absolute Gasteiger partial charge is 0.259 e. The zero-order chi connectivity index (χ0) is 13.7. The van der Waals surface area contributed by atoms with Crippen LogP contribution < -0.4 is 4.74 Å². The third kappa shape index (κ3) is 3.01. The van der Waals surface area contributed by atoms with Crippen LogP contribution in [0.25, 0.3) is 0 Å². The number of methoxy groups -OCH3 is 1. The molecular formula is C13H16N4O2. The molecule has 0 saturated carbocycles. The van der Waals surface area contributed by atoms with Gasteiger partial charge in [-0.15, -0.1) is 0 Å². The molecule has 1 fully saturated rings. The highest BCUT2D eigenvalue weighted by Crippen LogP contribution is 2.17. The van der Waals surface area contributed by atoms with Gasteiger partial charge in [-0.05, 0) is 12.1 Å². The van der Waals surface area contributed by atoms with E-state index < -0.39 is 0 Å². The van der Waals surface area contributed by atoms with Crippen molar-refractivity contribution in [2.24, 2.45) is 0 Å². The molecule has 0 bridgehead atoms. The van der Waals surface area contributed by atoms with Crippen molar-refractivity contribution in [2.45, 2.75) is 0 Å². The highest BCUT2D eigenvalue weighted by Gasteiger charge is 2.24. The predicted molar refractivity (Wildman–Crippen MR) is 68.7 cm³/mol. The molecule has 1 aliphatic heterocycles. The molecule has 6 heteroatoms. The lowest BCUT2D eigenvalue weighted by molar-refractivity contribution is 0.0647. The second kappa shape index (κ2) is 6.16. The number of carbonyl (C=O) groups is 1. The molecule has 0 aromatic carbocycles. The van der Waals surface area contributed by atoms with Crippen LogP contribution in [0.3, 0.4) is 0 Å². The molecule has 1 aromatic heterocycles. The molecule has 0 unspecified atom stereocenters. The van der Waals surface area contributed by atoms with Gasteiger partial charge < -0.3 is 9.64 Å². The van der Waals surface area contributed by atoms with Crippen LogP contribution in [-0.2, 0) is 0 Å². The maximum atomic E-state index is 12.4. The number of aromatic nitrogens is 1. The summed E-state index contributed by atoms with van der Waals surface area (Å²) in [5, 5.41) is 8.64. The van der Waals surface area contributed by atoms with Gasteiger partial charge in [-0.3, -0.25) is 9.69 Å². The number of hydrogen-bond donors (Lipinski definition) is 0. The maximum Gasteiger partial charge on any atom is 0.259 e. The molecule has 6 nitrogen and oxygen atoms in total. The summed E-state index contributed by atoms with van der Waals surface area (Å²) in [5.41, 5.74) is 0.485. The van der Waals surface area contributed by atoms with Crippen molar-refractivity contribution >= 4 is 5.91 Å². The molecular weight excluding hydrogens is 244 g/mol. The van der Waals surface area contributed by atoms with E-state index in [-0.39, 0.29) is 5.91 Å². The lowest BCUT2D eigenvalue weighted by Gasteiger charge is -2.33. The third-order valence-electron chi connectivity index (χ3n) is 3.15. The van der Waals surface area contributed by atoms with Gasteiger partial charge in [-0.2, -0.15) is 5.26 Å². The Bertz CT molecular complexity index is 490. The number of rotatable bonds is 3. The molecule has 1 amide bonds. The fourth-order valence-electron chi connectivity index (χ4n) is 2.10. The molecule has 0 aliphatic carbocycles.